The van der Waals surface area contributed by atoms with Crippen LogP contribution in [0.1, 0.15) is 13.8 Å². The summed E-state index contributed by atoms with van der Waals surface area (Å²) < 4.78 is 0. The third-order valence-electron chi connectivity index (χ3n) is 2.84. The van der Waals surface area contributed by atoms with Crippen molar-refractivity contribution in [3.63, 3.8) is 0 Å². The molecule has 0 saturated heterocycles. The van der Waals surface area contributed by atoms with Crippen molar-refractivity contribution in [2.75, 3.05) is 13.1 Å². The van der Waals surface area contributed by atoms with Gasteiger partial charge in [0.1, 0.15) is 8.24 Å². The molecule has 2 N–H and O–H groups in total. The highest BCUT2D eigenvalue weighted by Gasteiger charge is 2.28. The molecule has 1 aliphatic rings. The van der Waals surface area contributed by atoms with Crippen molar-refractivity contribution in [3.05, 3.63) is 24.3 Å². The van der Waals surface area contributed by atoms with E-state index in [4.69, 9.17) is 0 Å². The van der Waals surface area contributed by atoms with Crippen LogP contribution < -0.4 is 10.3 Å². The number of rotatable bonds is 6. The molecule has 0 aliphatic heterocycles. The second kappa shape index (κ2) is 5.63. The number of nitrogens with one attached hydrogen (secondary N) is 2. The van der Waals surface area contributed by atoms with E-state index in [-0.39, 0.29) is 0 Å². The Morgan fingerprint density at radius 3 is 2.27 bits per heavy atom. The predicted molar refractivity (Wildman–Crippen MR) is 70.7 cm³/mol. The standard InChI is InChI=1S/C12H24N2Si/c1-11(2)13-9-10-14-15(3,4)12-7-5-6-8-12/h5-8,11-14H,9-10H2,1-4H3. The largest absolute Gasteiger partial charge is 0.336 e. The fourth-order valence-corrected chi connectivity index (χ4v) is 3.97. The van der Waals surface area contributed by atoms with Crippen LogP contribution in [0.25, 0.3) is 0 Å². The third-order valence-corrected chi connectivity index (χ3v) is 6.05. The molecule has 0 fully saturated rings. The molecule has 0 bridgehead atoms. The summed E-state index contributed by atoms with van der Waals surface area (Å²) in [6.45, 7) is 11.3. The molecule has 0 saturated carbocycles. The average molecular weight is 224 g/mol. The Morgan fingerprint density at radius 2 is 1.73 bits per heavy atom. The van der Waals surface area contributed by atoms with E-state index in [0.29, 0.717) is 11.6 Å². The lowest BCUT2D eigenvalue weighted by molar-refractivity contribution is 0.584. The zero-order chi connectivity index (χ0) is 11.3. The van der Waals surface area contributed by atoms with Crippen LogP contribution in [0.5, 0.6) is 0 Å². The molecule has 0 aromatic rings. The molecule has 0 aromatic heterocycles. The maximum absolute atomic E-state index is 3.73. The van der Waals surface area contributed by atoms with Gasteiger partial charge in [0.15, 0.2) is 0 Å². The SMILES string of the molecule is CC(C)NCCN[Si](C)(C)C1C=CC=C1. The first-order valence-corrected chi connectivity index (χ1v) is 8.93. The maximum Gasteiger partial charge on any atom is 0.130 e. The summed E-state index contributed by atoms with van der Waals surface area (Å²) in [5.74, 6) is 0. The molecule has 0 radical (unpaired) electrons. The minimum absolute atomic E-state index is 0.586. The second-order valence-corrected chi connectivity index (χ2v) is 9.52. The van der Waals surface area contributed by atoms with Crippen LogP contribution in [-0.4, -0.2) is 27.4 Å². The number of allylic oxidation sites excluding steroid dienone is 4. The molecular weight excluding hydrogens is 200 g/mol. The van der Waals surface area contributed by atoms with Gasteiger partial charge < -0.3 is 10.3 Å². The summed E-state index contributed by atoms with van der Waals surface area (Å²) in [7, 11) is -1.31. The van der Waals surface area contributed by atoms with Gasteiger partial charge in [-0.3, -0.25) is 0 Å². The van der Waals surface area contributed by atoms with Crippen LogP contribution >= 0.6 is 0 Å². The van der Waals surface area contributed by atoms with E-state index in [1.165, 1.54) is 0 Å². The monoisotopic (exact) mass is 224 g/mol. The summed E-state index contributed by atoms with van der Waals surface area (Å²) in [5, 5.41) is 3.43. The van der Waals surface area contributed by atoms with Crippen LogP contribution in [-0.2, 0) is 0 Å². The zero-order valence-corrected chi connectivity index (χ0v) is 11.4. The predicted octanol–water partition coefficient (Wildman–Crippen LogP) is 2.28. The van der Waals surface area contributed by atoms with Gasteiger partial charge in [-0.1, -0.05) is 51.2 Å². The summed E-state index contributed by atoms with van der Waals surface area (Å²) in [6, 6.07) is 0.586. The second-order valence-electron chi connectivity index (χ2n) is 5.05. The Balaban J connectivity index is 2.24. The van der Waals surface area contributed by atoms with Gasteiger partial charge in [0, 0.05) is 24.7 Å². The van der Waals surface area contributed by atoms with Crippen molar-refractivity contribution in [2.24, 2.45) is 0 Å². The molecule has 0 heterocycles. The highest BCUT2D eigenvalue weighted by atomic mass is 28.3. The van der Waals surface area contributed by atoms with E-state index >= 15 is 0 Å². The average Bonchev–Trinajstić information content (AvgIpc) is 2.65. The molecule has 1 rings (SSSR count). The Morgan fingerprint density at radius 1 is 1.13 bits per heavy atom. The van der Waals surface area contributed by atoms with E-state index in [1.54, 1.807) is 0 Å². The van der Waals surface area contributed by atoms with Crippen LogP contribution in [0.15, 0.2) is 24.3 Å². The highest BCUT2D eigenvalue weighted by Crippen LogP contribution is 2.25. The van der Waals surface area contributed by atoms with E-state index in [0.717, 1.165) is 13.1 Å². The Kier molecular flexibility index (Phi) is 4.76. The molecule has 0 spiro atoms. The fourth-order valence-electron chi connectivity index (χ4n) is 1.78. The van der Waals surface area contributed by atoms with Gasteiger partial charge >= 0.3 is 0 Å². The molecular formula is C12H24N2Si. The van der Waals surface area contributed by atoms with Gasteiger partial charge in [0.2, 0.25) is 0 Å². The lowest BCUT2D eigenvalue weighted by atomic mass is 10.4. The van der Waals surface area contributed by atoms with Crippen molar-refractivity contribution in [1.82, 2.24) is 10.3 Å². The van der Waals surface area contributed by atoms with Gasteiger partial charge in [-0.2, -0.15) is 0 Å². The summed E-state index contributed by atoms with van der Waals surface area (Å²) in [5.41, 5.74) is 0.663. The van der Waals surface area contributed by atoms with Crippen LogP contribution in [0.4, 0.5) is 0 Å². The molecule has 0 aromatic carbocycles. The summed E-state index contributed by atoms with van der Waals surface area (Å²) in [4.78, 5) is 3.73. The van der Waals surface area contributed by atoms with Crippen molar-refractivity contribution >= 4 is 8.24 Å². The normalized spacial score (nSPS) is 16.9. The van der Waals surface area contributed by atoms with Crippen LogP contribution in [0.2, 0.25) is 18.6 Å². The molecule has 2 nitrogen and oxygen atoms in total. The lowest BCUT2D eigenvalue weighted by Gasteiger charge is -2.28. The molecule has 3 heteroatoms. The molecule has 15 heavy (non-hydrogen) atoms. The smallest absolute Gasteiger partial charge is 0.130 e. The molecule has 0 unspecified atom stereocenters. The van der Waals surface area contributed by atoms with Crippen molar-refractivity contribution in [2.45, 2.75) is 38.5 Å². The van der Waals surface area contributed by atoms with Gasteiger partial charge in [-0.25, -0.2) is 0 Å². The Hall–Kier alpha value is -0.383. The first-order chi connectivity index (χ1) is 7.02. The molecule has 0 amide bonds. The van der Waals surface area contributed by atoms with Gasteiger partial charge in [-0.05, 0) is 0 Å². The van der Waals surface area contributed by atoms with Gasteiger partial charge in [0.05, 0.1) is 0 Å². The maximum atomic E-state index is 3.73. The van der Waals surface area contributed by atoms with Crippen LogP contribution in [0, 0.1) is 0 Å². The Bertz CT molecular complexity index is 232. The molecule has 0 atom stereocenters. The quantitative estimate of drug-likeness (QED) is 0.534. The first kappa shape index (κ1) is 12.7. The van der Waals surface area contributed by atoms with Crippen LogP contribution in [0.3, 0.4) is 0 Å². The summed E-state index contributed by atoms with van der Waals surface area (Å²) >= 11 is 0. The summed E-state index contributed by atoms with van der Waals surface area (Å²) in [6.07, 6.45) is 8.95. The van der Waals surface area contributed by atoms with Crippen molar-refractivity contribution in [3.8, 4) is 0 Å². The third kappa shape index (κ3) is 4.32. The van der Waals surface area contributed by atoms with Gasteiger partial charge in [0.25, 0.3) is 0 Å². The van der Waals surface area contributed by atoms with E-state index in [2.05, 4.69) is 61.5 Å². The minimum Gasteiger partial charge on any atom is -0.336 e. The van der Waals surface area contributed by atoms with E-state index < -0.39 is 8.24 Å². The molecule has 1 aliphatic carbocycles. The lowest BCUT2D eigenvalue weighted by Crippen LogP contribution is -2.50. The van der Waals surface area contributed by atoms with Crippen molar-refractivity contribution < 1.29 is 0 Å². The van der Waals surface area contributed by atoms with Crippen molar-refractivity contribution in [1.29, 1.82) is 0 Å². The fraction of sp³-hybridized carbons (Fsp3) is 0.667. The van der Waals surface area contributed by atoms with Gasteiger partial charge in [-0.15, -0.1) is 0 Å². The molecule has 86 valence electrons. The number of hydrogen-bond donors (Lipinski definition) is 2. The van der Waals surface area contributed by atoms with E-state index in [9.17, 15) is 0 Å². The number of hydrogen-bond acceptors (Lipinski definition) is 2. The first-order valence-electron chi connectivity index (χ1n) is 5.86. The van der Waals surface area contributed by atoms with E-state index in [1.807, 2.05) is 0 Å². The zero-order valence-electron chi connectivity index (χ0n) is 10.4. The topological polar surface area (TPSA) is 24.1 Å². The minimum atomic E-state index is -1.31. The Labute approximate surface area is 94.9 Å². The highest BCUT2D eigenvalue weighted by molar-refractivity contribution is 6.77.